The Morgan fingerprint density at radius 3 is 2.18 bits per heavy atom. The highest BCUT2D eigenvalue weighted by Crippen LogP contribution is 2.13. The van der Waals surface area contributed by atoms with Crippen molar-refractivity contribution in [1.29, 1.82) is 0 Å². The van der Waals surface area contributed by atoms with Crippen molar-refractivity contribution in [3.8, 4) is 0 Å². The highest BCUT2D eigenvalue weighted by atomic mass is 127. The number of hydrogen-bond donors (Lipinski definition) is 4. The summed E-state index contributed by atoms with van der Waals surface area (Å²) in [7, 11) is 0. The normalized spacial score (nSPS) is 11.3. The molecular weight excluding hydrogens is 337 g/mol. The molecule has 1 aromatic rings. The van der Waals surface area contributed by atoms with Crippen molar-refractivity contribution in [2.24, 2.45) is 0 Å². The van der Waals surface area contributed by atoms with Crippen LogP contribution in [0.1, 0.15) is 10.4 Å². The molecule has 0 saturated carbocycles. The molecule has 0 bridgehead atoms. The van der Waals surface area contributed by atoms with Gasteiger partial charge in [-0.2, -0.15) is 0 Å². The molecule has 0 aliphatic heterocycles. The van der Waals surface area contributed by atoms with E-state index < -0.39 is 31.3 Å². The van der Waals surface area contributed by atoms with Crippen molar-refractivity contribution in [2.45, 2.75) is 5.54 Å². The number of carbonyl (C=O) groups is 1. The van der Waals surface area contributed by atoms with E-state index in [2.05, 4.69) is 5.32 Å². The first-order valence-electron chi connectivity index (χ1n) is 4.98. The van der Waals surface area contributed by atoms with E-state index in [0.717, 1.165) is 3.57 Å². The molecule has 0 aliphatic carbocycles. The minimum Gasteiger partial charge on any atom is -0.394 e. The fourth-order valence-corrected chi connectivity index (χ4v) is 1.85. The van der Waals surface area contributed by atoms with Crippen LogP contribution in [-0.2, 0) is 0 Å². The van der Waals surface area contributed by atoms with Gasteiger partial charge in [-0.1, -0.05) is 12.1 Å². The average Bonchev–Trinajstić information content (AvgIpc) is 2.36. The van der Waals surface area contributed by atoms with E-state index in [-0.39, 0.29) is 0 Å². The van der Waals surface area contributed by atoms with E-state index in [1.54, 1.807) is 24.3 Å². The van der Waals surface area contributed by atoms with Crippen molar-refractivity contribution in [2.75, 3.05) is 19.8 Å². The van der Waals surface area contributed by atoms with E-state index in [1.807, 2.05) is 22.6 Å². The second kappa shape index (κ2) is 6.29. The Morgan fingerprint density at radius 1 is 1.18 bits per heavy atom. The molecule has 1 amide bonds. The molecule has 0 aromatic heterocycles. The van der Waals surface area contributed by atoms with Gasteiger partial charge in [0.2, 0.25) is 0 Å². The summed E-state index contributed by atoms with van der Waals surface area (Å²) in [6.45, 7) is -1.60. The molecular formula is C11H14INO4. The number of rotatable bonds is 5. The summed E-state index contributed by atoms with van der Waals surface area (Å²) < 4.78 is 0.755. The van der Waals surface area contributed by atoms with Crippen LogP contribution in [0.4, 0.5) is 0 Å². The maximum Gasteiger partial charge on any atom is 0.253 e. The molecule has 1 aromatic carbocycles. The van der Waals surface area contributed by atoms with Crippen molar-refractivity contribution in [3.63, 3.8) is 0 Å². The standard InChI is InChI=1S/C11H14INO4/c12-9-4-2-1-3-8(9)10(17)13-11(5-14,6-15)7-16/h1-4,14-16H,5-7H2,(H,13,17). The van der Waals surface area contributed by atoms with Gasteiger partial charge in [-0.25, -0.2) is 0 Å². The van der Waals surface area contributed by atoms with Crippen molar-refractivity contribution in [3.05, 3.63) is 33.4 Å². The lowest BCUT2D eigenvalue weighted by Crippen LogP contribution is -2.57. The molecule has 4 N–H and O–H groups in total. The Morgan fingerprint density at radius 2 is 1.71 bits per heavy atom. The van der Waals surface area contributed by atoms with Crippen molar-refractivity contribution >= 4 is 28.5 Å². The van der Waals surface area contributed by atoms with Gasteiger partial charge in [-0.05, 0) is 34.7 Å². The molecule has 0 aliphatic rings. The van der Waals surface area contributed by atoms with Crippen LogP contribution in [0.2, 0.25) is 0 Å². The second-order valence-corrected chi connectivity index (χ2v) is 4.85. The Hall–Kier alpha value is -0.700. The Balaban J connectivity index is 2.89. The van der Waals surface area contributed by atoms with Crippen LogP contribution < -0.4 is 5.32 Å². The number of aliphatic hydroxyl groups is 3. The lowest BCUT2D eigenvalue weighted by molar-refractivity contribution is 0.0375. The summed E-state index contributed by atoms with van der Waals surface area (Å²) >= 11 is 2.02. The van der Waals surface area contributed by atoms with Crippen LogP contribution in [0.3, 0.4) is 0 Å². The number of hydrogen-bond acceptors (Lipinski definition) is 4. The molecule has 0 radical (unpaired) electrons. The van der Waals surface area contributed by atoms with Gasteiger partial charge in [0.05, 0.1) is 25.4 Å². The highest BCUT2D eigenvalue weighted by Gasteiger charge is 2.30. The van der Waals surface area contributed by atoms with E-state index in [1.165, 1.54) is 0 Å². The predicted molar refractivity (Wildman–Crippen MR) is 70.6 cm³/mol. The number of amides is 1. The molecule has 0 spiro atoms. The minimum absolute atomic E-state index is 0.438. The van der Waals surface area contributed by atoms with Crippen LogP contribution in [0.5, 0.6) is 0 Å². The van der Waals surface area contributed by atoms with Gasteiger partial charge in [-0.15, -0.1) is 0 Å². The molecule has 94 valence electrons. The van der Waals surface area contributed by atoms with Crippen LogP contribution in [0.25, 0.3) is 0 Å². The van der Waals surface area contributed by atoms with Gasteiger partial charge < -0.3 is 20.6 Å². The van der Waals surface area contributed by atoms with Gasteiger partial charge in [0.25, 0.3) is 5.91 Å². The fraction of sp³-hybridized carbons (Fsp3) is 0.364. The van der Waals surface area contributed by atoms with E-state index in [9.17, 15) is 4.79 Å². The molecule has 6 heteroatoms. The van der Waals surface area contributed by atoms with Gasteiger partial charge in [-0.3, -0.25) is 4.79 Å². The summed E-state index contributed by atoms with van der Waals surface area (Å²) in [5.41, 5.74) is -0.955. The summed E-state index contributed by atoms with van der Waals surface area (Å²) in [6, 6.07) is 6.92. The Kier molecular flexibility index (Phi) is 5.31. The molecule has 0 atom stereocenters. The zero-order chi connectivity index (χ0) is 12.9. The molecule has 5 nitrogen and oxygen atoms in total. The van der Waals surface area contributed by atoms with E-state index >= 15 is 0 Å². The van der Waals surface area contributed by atoms with Crippen LogP contribution >= 0.6 is 22.6 Å². The highest BCUT2D eigenvalue weighted by molar-refractivity contribution is 14.1. The first kappa shape index (κ1) is 14.4. The lowest BCUT2D eigenvalue weighted by Gasteiger charge is -2.28. The Labute approximate surface area is 113 Å². The SMILES string of the molecule is O=C(NC(CO)(CO)CO)c1ccccc1I. The van der Waals surface area contributed by atoms with Gasteiger partial charge in [0.1, 0.15) is 5.54 Å². The molecule has 0 saturated heterocycles. The van der Waals surface area contributed by atoms with Crippen LogP contribution in [0.15, 0.2) is 24.3 Å². The predicted octanol–water partition coefficient (Wildman–Crippen LogP) is -0.263. The summed E-state index contributed by atoms with van der Waals surface area (Å²) in [5.74, 6) is -0.438. The summed E-state index contributed by atoms with van der Waals surface area (Å²) in [5, 5.41) is 29.8. The smallest absolute Gasteiger partial charge is 0.253 e. The van der Waals surface area contributed by atoms with Gasteiger partial charge in [0.15, 0.2) is 0 Å². The number of nitrogens with one attached hydrogen (secondary N) is 1. The lowest BCUT2D eigenvalue weighted by atomic mass is 10.0. The summed E-state index contributed by atoms with van der Waals surface area (Å²) in [6.07, 6.45) is 0. The zero-order valence-electron chi connectivity index (χ0n) is 9.06. The quantitative estimate of drug-likeness (QED) is 0.550. The molecule has 0 unspecified atom stereocenters. The third-order valence-electron chi connectivity index (χ3n) is 2.41. The minimum atomic E-state index is -1.39. The summed E-state index contributed by atoms with van der Waals surface area (Å²) in [4.78, 5) is 11.9. The number of benzene rings is 1. The number of aliphatic hydroxyl groups excluding tert-OH is 3. The number of carbonyl (C=O) groups excluding carboxylic acids is 1. The molecule has 17 heavy (non-hydrogen) atoms. The number of halogens is 1. The second-order valence-electron chi connectivity index (χ2n) is 3.69. The first-order chi connectivity index (χ1) is 8.08. The van der Waals surface area contributed by atoms with Crippen molar-refractivity contribution in [1.82, 2.24) is 5.32 Å². The van der Waals surface area contributed by atoms with Gasteiger partial charge >= 0.3 is 0 Å². The van der Waals surface area contributed by atoms with Crippen LogP contribution in [0, 0.1) is 3.57 Å². The maximum absolute atomic E-state index is 11.9. The monoisotopic (exact) mass is 351 g/mol. The van der Waals surface area contributed by atoms with E-state index in [4.69, 9.17) is 15.3 Å². The van der Waals surface area contributed by atoms with E-state index in [0.29, 0.717) is 5.56 Å². The molecule has 1 rings (SSSR count). The third kappa shape index (κ3) is 3.38. The fourth-order valence-electron chi connectivity index (χ4n) is 1.22. The average molecular weight is 351 g/mol. The van der Waals surface area contributed by atoms with Crippen LogP contribution in [-0.4, -0.2) is 46.6 Å². The van der Waals surface area contributed by atoms with Crippen molar-refractivity contribution < 1.29 is 20.1 Å². The van der Waals surface area contributed by atoms with Gasteiger partial charge in [0, 0.05) is 3.57 Å². The maximum atomic E-state index is 11.9. The zero-order valence-corrected chi connectivity index (χ0v) is 11.2. The Bertz CT molecular complexity index is 385. The molecule has 0 fully saturated rings. The topological polar surface area (TPSA) is 89.8 Å². The molecule has 0 heterocycles. The first-order valence-corrected chi connectivity index (χ1v) is 6.06. The third-order valence-corrected chi connectivity index (χ3v) is 3.35. The largest absolute Gasteiger partial charge is 0.394 e.